The van der Waals surface area contributed by atoms with Crippen molar-refractivity contribution >= 4 is 35.2 Å². The maximum Gasteiger partial charge on any atom is 0.337 e. The number of nitroso groups, excluding NO2 is 1. The van der Waals surface area contributed by atoms with Crippen molar-refractivity contribution in [3.8, 4) is 5.75 Å². The Morgan fingerprint density at radius 1 is 0.914 bits per heavy atom. The van der Waals surface area contributed by atoms with Crippen molar-refractivity contribution in [1.82, 2.24) is 5.32 Å². The number of nitrogens with one attached hydrogen (secondary N) is 2. The fourth-order valence-electron chi connectivity index (χ4n) is 3.20. The highest BCUT2D eigenvalue weighted by atomic mass is 16.5. The number of amides is 2. The number of nitrogens with zero attached hydrogens (tertiary/aromatic N) is 1. The lowest BCUT2D eigenvalue weighted by Gasteiger charge is -2.13. The Bertz CT molecular complexity index is 1320. The summed E-state index contributed by atoms with van der Waals surface area (Å²) in [5.41, 5.74) is 1.60. The van der Waals surface area contributed by atoms with E-state index in [9.17, 15) is 19.3 Å². The highest BCUT2D eigenvalue weighted by Gasteiger charge is 2.19. The summed E-state index contributed by atoms with van der Waals surface area (Å²) in [6, 6.07) is 19.3. The van der Waals surface area contributed by atoms with Crippen LogP contribution in [0.25, 0.3) is 6.08 Å². The van der Waals surface area contributed by atoms with Gasteiger partial charge >= 0.3 is 5.97 Å². The third-order valence-corrected chi connectivity index (χ3v) is 4.93. The number of carbonyl (C=O) groups excluding carboxylic acids is 3. The van der Waals surface area contributed by atoms with Gasteiger partial charge in [-0.05, 0) is 42.0 Å². The van der Waals surface area contributed by atoms with E-state index in [1.807, 2.05) is 0 Å². The Morgan fingerprint density at radius 3 is 2.37 bits per heavy atom. The number of rotatable bonds is 8. The molecule has 0 saturated carbocycles. The first-order valence-electron chi connectivity index (χ1n) is 10.5. The zero-order valence-electron chi connectivity index (χ0n) is 19.4. The second-order valence-electron chi connectivity index (χ2n) is 7.33. The quantitative estimate of drug-likeness (QED) is 0.291. The molecule has 3 aromatic carbocycles. The van der Waals surface area contributed by atoms with Crippen molar-refractivity contribution in [1.29, 1.82) is 0 Å². The summed E-state index contributed by atoms with van der Waals surface area (Å²) >= 11 is 0. The average molecular weight is 474 g/mol. The third-order valence-electron chi connectivity index (χ3n) is 4.93. The molecule has 0 bridgehead atoms. The number of esters is 1. The van der Waals surface area contributed by atoms with Gasteiger partial charge in [0, 0.05) is 27.5 Å². The molecular weight excluding hydrogens is 450 g/mol. The molecule has 2 amide bonds. The molecule has 0 aliphatic carbocycles. The highest BCUT2D eigenvalue weighted by Crippen LogP contribution is 2.20. The van der Waals surface area contributed by atoms with Gasteiger partial charge in [-0.15, -0.1) is 0 Å². The molecule has 3 aromatic rings. The molecule has 0 spiro atoms. The Hall–Kier alpha value is -4.79. The number of hydrogen-bond acceptors (Lipinski definition) is 6. The molecule has 3 rings (SSSR count). The van der Waals surface area contributed by atoms with E-state index >= 15 is 0 Å². The minimum Gasteiger partial charge on any atom is -0.496 e. The van der Waals surface area contributed by atoms with Gasteiger partial charge in [0.05, 0.1) is 25.3 Å². The molecule has 0 aliphatic rings. The van der Waals surface area contributed by atoms with E-state index in [1.165, 1.54) is 33.4 Å². The van der Waals surface area contributed by atoms with Crippen LogP contribution in [0.2, 0.25) is 0 Å². The number of benzene rings is 3. The Labute approximate surface area is 201 Å². The van der Waals surface area contributed by atoms with Crippen LogP contribution < -0.4 is 15.4 Å². The molecule has 0 saturated heterocycles. The van der Waals surface area contributed by atoms with Gasteiger partial charge in [0.1, 0.15) is 11.4 Å². The average Bonchev–Trinajstić information content (AvgIpc) is 2.87. The van der Waals surface area contributed by atoms with Crippen LogP contribution in [-0.4, -0.2) is 43.8 Å². The zero-order valence-corrected chi connectivity index (χ0v) is 19.4. The molecule has 2 N–H and O–H groups in total. The van der Waals surface area contributed by atoms with E-state index in [4.69, 9.17) is 9.47 Å². The summed E-state index contributed by atoms with van der Waals surface area (Å²) in [7, 11) is 4.05. The predicted molar refractivity (Wildman–Crippen MR) is 131 cm³/mol. The summed E-state index contributed by atoms with van der Waals surface area (Å²) in [4.78, 5) is 49.7. The summed E-state index contributed by atoms with van der Waals surface area (Å²) in [6.07, 6.45) is 1.44. The monoisotopic (exact) mass is 474 g/mol. The van der Waals surface area contributed by atoms with Crippen LogP contribution in [0.1, 0.15) is 26.3 Å². The first-order chi connectivity index (χ1) is 16.8. The third kappa shape index (κ3) is 6.38. The van der Waals surface area contributed by atoms with Gasteiger partial charge in [0.15, 0.2) is 7.05 Å². The number of methoxy groups -OCH3 is 2. The number of carbonyl (C=O) groups is 3. The number of para-hydroxylation sites is 1. The van der Waals surface area contributed by atoms with Crippen LogP contribution in [0.3, 0.4) is 0 Å². The van der Waals surface area contributed by atoms with Gasteiger partial charge in [0.25, 0.3) is 17.5 Å². The second kappa shape index (κ2) is 11.4. The first-order valence-corrected chi connectivity index (χ1v) is 10.5. The van der Waals surface area contributed by atoms with E-state index in [1.54, 1.807) is 66.7 Å². The van der Waals surface area contributed by atoms with Crippen molar-refractivity contribution in [3.05, 3.63) is 100 Å². The lowest BCUT2D eigenvalue weighted by molar-refractivity contribution is -0.428. The summed E-state index contributed by atoms with van der Waals surface area (Å²) in [5.74, 6) is -1.43. The standard InChI is InChI=1S/C26H23N3O6/c1-29(33)20-11-6-8-17(14-20)15-22(28-24(30)21-12-4-5-13-23(21)34-2)25(31)27-19-10-7-9-18(16-19)26(32)35-3/h4-16H,1-3H3,(H-,27,28,30,31)/p+1/b22-15+. The van der Waals surface area contributed by atoms with Crippen molar-refractivity contribution in [2.75, 3.05) is 26.6 Å². The molecule has 0 fully saturated rings. The second-order valence-corrected chi connectivity index (χ2v) is 7.33. The molecule has 35 heavy (non-hydrogen) atoms. The normalized spacial score (nSPS) is 10.8. The van der Waals surface area contributed by atoms with Gasteiger partial charge in [0.2, 0.25) is 0 Å². The maximum atomic E-state index is 13.2. The fraction of sp³-hybridized carbons (Fsp3) is 0.115. The van der Waals surface area contributed by atoms with Gasteiger partial charge < -0.3 is 20.1 Å². The van der Waals surface area contributed by atoms with Gasteiger partial charge in [-0.25, -0.2) is 4.79 Å². The molecule has 9 nitrogen and oxygen atoms in total. The molecule has 178 valence electrons. The molecule has 0 radical (unpaired) electrons. The number of hydrogen-bond donors (Lipinski definition) is 2. The number of anilines is 1. The maximum absolute atomic E-state index is 13.2. The van der Waals surface area contributed by atoms with Gasteiger partial charge in [-0.1, -0.05) is 30.3 Å². The fourth-order valence-corrected chi connectivity index (χ4v) is 3.20. The zero-order chi connectivity index (χ0) is 25.4. The van der Waals surface area contributed by atoms with Crippen LogP contribution >= 0.6 is 0 Å². The minimum absolute atomic E-state index is 0.0879. The SMILES string of the molecule is COC(=O)c1cccc(NC(=O)/C(=C\c2cccc([N+](C)=O)c2)NC(=O)c2ccccc2OC)c1. The molecule has 0 unspecified atom stereocenters. The molecule has 0 heterocycles. The Morgan fingerprint density at radius 2 is 1.66 bits per heavy atom. The highest BCUT2D eigenvalue weighted by molar-refractivity contribution is 6.11. The van der Waals surface area contributed by atoms with Crippen LogP contribution in [0, 0.1) is 4.91 Å². The summed E-state index contributed by atoms with van der Waals surface area (Å²) in [5, 5.41) is 5.29. The summed E-state index contributed by atoms with van der Waals surface area (Å²) < 4.78 is 10.6. The first kappa shape index (κ1) is 24.8. The van der Waals surface area contributed by atoms with Crippen LogP contribution in [0.4, 0.5) is 11.4 Å². The lowest BCUT2D eigenvalue weighted by atomic mass is 10.1. The van der Waals surface area contributed by atoms with Crippen LogP contribution in [0.15, 0.2) is 78.5 Å². The molecule has 0 aromatic heterocycles. The topological polar surface area (TPSA) is 114 Å². The van der Waals surface area contributed by atoms with E-state index in [-0.39, 0.29) is 16.8 Å². The molecular formula is C26H24N3O6+. The smallest absolute Gasteiger partial charge is 0.337 e. The molecule has 0 aliphatic heterocycles. The summed E-state index contributed by atoms with van der Waals surface area (Å²) in [6.45, 7) is 0. The van der Waals surface area contributed by atoms with Crippen LogP contribution in [0.5, 0.6) is 5.75 Å². The van der Waals surface area contributed by atoms with Crippen molar-refractivity contribution in [2.45, 2.75) is 0 Å². The van der Waals surface area contributed by atoms with E-state index in [2.05, 4.69) is 10.6 Å². The van der Waals surface area contributed by atoms with Crippen LogP contribution in [-0.2, 0) is 9.53 Å². The van der Waals surface area contributed by atoms with Gasteiger partial charge in [-0.3, -0.25) is 9.59 Å². The van der Waals surface area contributed by atoms with Crippen molar-refractivity contribution in [2.24, 2.45) is 0 Å². The Balaban J connectivity index is 1.97. The number of ether oxygens (including phenoxy) is 2. The van der Waals surface area contributed by atoms with E-state index in [0.717, 1.165) is 0 Å². The van der Waals surface area contributed by atoms with E-state index in [0.29, 0.717) is 27.4 Å². The Kier molecular flexibility index (Phi) is 8.07. The van der Waals surface area contributed by atoms with Crippen molar-refractivity contribution in [3.63, 3.8) is 0 Å². The van der Waals surface area contributed by atoms with Crippen molar-refractivity contribution < 1.29 is 28.6 Å². The minimum atomic E-state index is -0.642. The van der Waals surface area contributed by atoms with E-state index < -0.39 is 17.8 Å². The van der Waals surface area contributed by atoms with Gasteiger partial charge in [-0.2, -0.15) is 0 Å². The molecule has 9 heteroatoms. The molecule has 0 atom stereocenters. The lowest BCUT2D eigenvalue weighted by Crippen LogP contribution is -2.31. The largest absolute Gasteiger partial charge is 0.496 e. The predicted octanol–water partition coefficient (Wildman–Crippen LogP) is 3.93.